The Morgan fingerprint density at radius 1 is 1.53 bits per heavy atom. The van der Waals surface area contributed by atoms with Crippen molar-refractivity contribution >= 4 is 29.6 Å². The van der Waals surface area contributed by atoms with Gasteiger partial charge in [-0.3, -0.25) is 4.79 Å². The maximum Gasteiger partial charge on any atom is 0.326 e. The molecule has 4 nitrogen and oxygen atoms in total. The first-order valence-corrected chi connectivity index (χ1v) is 5.98. The first-order chi connectivity index (χ1) is 8.93. The summed E-state index contributed by atoms with van der Waals surface area (Å²) in [5.41, 5.74) is 0.546. The molecule has 0 saturated heterocycles. The van der Waals surface area contributed by atoms with Crippen molar-refractivity contribution in [2.75, 3.05) is 0 Å². The standard InChI is InChI=1S/C13H13ClFNO3/c1-2-11(13(18)19)16-12(17)6-4-8-3-5-10(15)9(14)7-8/h3-7,11H,2H2,1H3,(H,16,17)(H,18,19)/b6-4+. The van der Waals surface area contributed by atoms with Crippen LogP contribution in [0, 0.1) is 5.82 Å². The van der Waals surface area contributed by atoms with E-state index in [-0.39, 0.29) is 11.4 Å². The van der Waals surface area contributed by atoms with Gasteiger partial charge in [0.1, 0.15) is 11.9 Å². The summed E-state index contributed by atoms with van der Waals surface area (Å²) in [6.07, 6.45) is 2.89. The van der Waals surface area contributed by atoms with E-state index in [2.05, 4.69) is 5.32 Å². The summed E-state index contributed by atoms with van der Waals surface area (Å²) in [6, 6.07) is 3.09. The molecule has 0 aliphatic carbocycles. The molecule has 0 radical (unpaired) electrons. The molecule has 0 bridgehead atoms. The quantitative estimate of drug-likeness (QED) is 0.817. The fourth-order valence-corrected chi connectivity index (χ4v) is 1.54. The molecule has 1 rings (SSSR count). The van der Waals surface area contributed by atoms with E-state index in [0.29, 0.717) is 5.56 Å². The molecule has 0 heterocycles. The van der Waals surface area contributed by atoms with Crippen LogP contribution in [0.3, 0.4) is 0 Å². The lowest BCUT2D eigenvalue weighted by atomic mass is 10.2. The van der Waals surface area contributed by atoms with Gasteiger partial charge in [-0.05, 0) is 30.2 Å². The highest BCUT2D eigenvalue weighted by Crippen LogP contribution is 2.16. The summed E-state index contributed by atoms with van der Waals surface area (Å²) in [6.45, 7) is 1.66. The Morgan fingerprint density at radius 3 is 2.74 bits per heavy atom. The predicted octanol–water partition coefficient (Wildman–Crippen LogP) is 2.47. The van der Waals surface area contributed by atoms with E-state index in [1.54, 1.807) is 6.92 Å². The minimum absolute atomic E-state index is 0.0421. The molecule has 0 spiro atoms. The smallest absolute Gasteiger partial charge is 0.326 e. The molecule has 6 heteroatoms. The number of carboxylic acids is 1. The highest BCUT2D eigenvalue weighted by molar-refractivity contribution is 6.30. The molecule has 0 aliphatic heterocycles. The number of amides is 1. The molecule has 102 valence electrons. The number of nitrogens with one attached hydrogen (secondary N) is 1. The Hall–Kier alpha value is -1.88. The second-order valence-corrected chi connectivity index (χ2v) is 4.22. The first kappa shape index (κ1) is 15.2. The van der Waals surface area contributed by atoms with Crippen LogP contribution in [0.1, 0.15) is 18.9 Å². The molecule has 2 N–H and O–H groups in total. The van der Waals surface area contributed by atoms with Gasteiger partial charge in [0.05, 0.1) is 5.02 Å². The third kappa shape index (κ3) is 4.71. The zero-order chi connectivity index (χ0) is 14.4. The molecule has 1 atom stereocenters. The van der Waals surface area contributed by atoms with Crippen molar-refractivity contribution in [2.45, 2.75) is 19.4 Å². The highest BCUT2D eigenvalue weighted by atomic mass is 35.5. The van der Waals surface area contributed by atoms with Crippen molar-refractivity contribution in [3.05, 3.63) is 40.7 Å². The SMILES string of the molecule is CCC(NC(=O)/C=C/c1ccc(F)c(Cl)c1)C(=O)O. The van der Waals surface area contributed by atoms with Gasteiger partial charge >= 0.3 is 5.97 Å². The van der Waals surface area contributed by atoms with Crippen molar-refractivity contribution in [1.29, 1.82) is 0 Å². The number of benzene rings is 1. The molecular formula is C13H13ClFNO3. The second kappa shape index (κ2) is 6.89. The van der Waals surface area contributed by atoms with Crippen LogP contribution in [-0.4, -0.2) is 23.0 Å². The molecule has 1 aromatic rings. The maximum atomic E-state index is 12.9. The maximum absolute atomic E-state index is 12.9. The number of halogens is 2. The lowest BCUT2D eigenvalue weighted by Crippen LogP contribution is -2.39. The van der Waals surface area contributed by atoms with Crippen LogP contribution in [0.2, 0.25) is 5.02 Å². The predicted molar refractivity (Wildman–Crippen MR) is 70.3 cm³/mol. The van der Waals surface area contributed by atoms with Crippen molar-refractivity contribution < 1.29 is 19.1 Å². The topological polar surface area (TPSA) is 66.4 Å². The molecule has 1 aromatic carbocycles. The van der Waals surface area contributed by atoms with Crippen LogP contribution in [0.25, 0.3) is 6.08 Å². The molecule has 1 amide bonds. The van der Waals surface area contributed by atoms with Gasteiger partial charge in [0.25, 0.3) is 0 Å². The molecule has 0 fully saturated rings. The minimum atomic E-state index is -1.09. The molecule has 0 saturated carbocycles. The van der Waals surface area contributed by atoms with Crippen LogP contribution in [0.5, 0.6) is 0 Å². The van der Waals surface area contributed by atoms with E-state index < -0.39 is 23.7 Å². The summed E-state index contributed by atoms with van der Waals surface area (Å²) in [5, 5.41) is 11.1. The van der Waals surface area contributed by atoms with Gasteiger partial charge in [-0.2, -0.15) is 0 Å². The largest absolute Gasteiger partial charge is 0.480 e. The zero-order valence-corrected chi connectivity index (χ0v) is 10.9. The van der Waals surface area contributed by atoms with Gasteiger partial charge in [0.15, 0.2) is 0 Å². The number of carbonyl (C=O) groups is 2. The van der Waals surface area contributed by atoms with Crippen LogP contribution in [-0.2, 0) is 9.59 Å². The summed E-state index contributed by atoms with van der Waals surface area (Å²) < 4.78 is 12.9. The van der Waals surface area contributed by atoms with E-state index in [0.717, 1.165) is 0 Å². The lowest BCUT2D eigenvalue weighted by molar-refractivity contribution is -0.141. The third-order valence-electron chi connectivity index (χ3n) is 2.39. The number of hydrogen-bond donors (Lipinski definition) is 2. The van der Waals surface area contributed by atoms with Gasteiger partial charge in [-0.1, -0.05) is 24.6 Å². The summed E-state index contributed by atoms with van der Waals surface area (Å²) in [4.78, 5) is 22.2. The van der Waals surface area contributed by atoms with Gasteiger partial charge in [-0.15, -0.1) is 0 Å². The summed E-state index contributed by atoms with van der Waals surface area (Å²) in [7, 11) is 0. The Kier molecular flexibility index (Phi) is 5.51. The monoisotopic (exact) mass is 285 g/mol. The zero-order valence-electron chi connectivity index (χ0n) is 10.2. The van der Waals surface area contributed by atoms with Crippen LogP contribution >= 0.6 is 11.6 Å². The normalized spacial score (nSPS) is 12.4. The van der Waals surface area contributed by atoms with E-state index in [1.807, 2.05) is 0 Å². The van der Waals surface area contributed by atoms with Gasteiger partial charge in [0, 0.05) is 6.08 Å². The number of aliphatic carboxylic acids is 1. The average Bonchev–Trinajstić information content (AvgIpc) is 2.37. The van der Waals surface area contributed by atoms with Crippen LogP contribution < -0.4 is 5.32 Å². The molecule has 0 aromatic heterocycles. The van der Waals surface area contributed by atoms with Crippen molar-refractivity contribution in [2.24, 2.45) is 0 Å². The van der Waals surface area contributed by atoms with Crippen molar-refractivity contribution in [3.8, 4) is 0 Å². The summed E-state index contributed by atoms with van der Waals surface area (Å²) in [5.74, 6) is -2.16. The van der Waals surface area contributed by atoms with Crippen LogP contribution in [0.15, 0.2) is 24.3 Å². The van der Waals surface area contributed by atoms with Crippen LogP contribution in [0.4, 0.5) is 4.39 Å². The van der Waals surface area contributed by atoms with E-state index >= 15 is 0 Å². The number of carboxylic acid groups (broad SMARTS) is 1. The average molecular weight is 286 g/mol. The third-order valence-corrected chi connectivity index (χ3v) is 2.68. The first-order valence-electron chi connectivity index (χ1n) is 5.60. The Morgan fingerprint density at radius 2 is 2.21 bits per heavy atom. The molecule has 1 unspecified atom stereocenters. The molecule has 0 aliphatic rings. The number of carbonyl (C=O) groups excluding carboxylic acids is 1. The summed E-state index contributed by atoms with van der Waals surface area (Å²) >= 11 is 5.59. The Labute approximate surface area is 114 Å². The van der Waals surface area contributed by atoms with Gasteiger partial charge in [0.2, 0.25) is 5.91 Å². The number of hydrogen-bond acceptors (Lipinski definition) is 2. The second-order valence-electron chi connectivity index (χ2n) is 3.81. The van der Waals surface area contributed by atoms with Gasteiger partial charge in [-0.25, -0.2) is 9.18 Å². The van der Waals surface area contributed by atoms with E-state index in [1.165, 1.54) is 30.4 Å². The Balaban J connectivity index is 2.68. The van der Waals surface area contributed by atoms with Crippen molar-refractivity contribution in [1.82, 2.24) is 5.32 Å². The lowest BCUT2D eigenvalue weighted by Gasteiger charge is -2.09. The fraction of sp³-hybridized carbons (Fsp3) is 0.231. The van der Waals surface area contributed by atoms with E-state index in [4.69, 9.17) is 16.7 Å². The molecule has 19 heavy (non-hydrogen) atoms. The Bertz CT molecular complexity index is 517. The number of rotatable bonds is 5. The van der Waals surface area contributed by atoms with Gasteiger partial charge < -0.3 is 10.4 Å². The van der Waals surface area contributed by atoms with Crippen molar-refractivity contribution in [3.63, 3.8) is 0 Å². The van der Waals surface area contributed by atoms with E-state index in [9.17, 15) is 14.0 Å². The highest BCUT2D eigenvalue weighted by Gasteiger charge is 2.15. The minimum Gasteiger partial charge on any atom is -0.480 e. The fourth-order valence-electron chi connectivity index (χ4n) is 1.35. The molecular weight excluding hydrogens is 273 g/mol.